The van der Waals surface area contributed by atoms with E-state index < -0.39 is 6.04 Å². The lowest BCUT2D eigenvalue weighted by atomic mass is 10.1. The van der Waals surface area contributed by atoms with Gasteiger partial charge in [0, 0.05) is 12.1 Å². The Morgan fingerprint density at radius 3 is 2.50 bits per heavy atom. The zero-order valence-corrected chi connectivity index (χ0v) is 14.5. The molecule has 1 aliphatic rings. The molecule has 2 heterocycles. The van der Waals surface area contributed by atoms with E-state index >= 15 is 0 Å². The Morgan fingerprint density at radius 2 is 1.77 bits per heavy atom. The van der Waals surface area contributed by atoms with Crippen molar-refractivity contribution in [1.82, 2.24) is 14.9 Å². The van der Waals surface area contributed by atoms with Gasteiger partial charge in [0.1, 0.15) is 6.04 Å². The van der Waals surface area contributed by atoms with Crippen LogP contribution in [0, 0.1) is 0 Å². The van der Waals surface area contributed by atoms with Crippen LogP contribution in [0.4, 0.5) is 0 Å². The number of hydrogen-bond donors (Lipinski definition) is 0. The molecular weight excluding hydrogens is 330 g/mol. The summed E-state index contributed by atoms with van der Waals surface area (Å²) in [5, 5.41) is 0. The summed E-state index contributed by atoms with van der Waals surface area (Å²) in [7, 11) is 0. The molecule has 1 atom stereocenters. The number of likely N-dealkylation sites (tertiary alicyclic amines) is 1. The zero-order chi connectivity index (χ0) is 18.1. The second kappa shape index (κ2) is 6.71. The number of amides is 1. The molecule has 4 rings (SSSR count). The van der Waals surface area contributed by atoms with Gasteiger partial charge < -0.3 is 9.64 Å². The molecule has 1 aliphatic heterocycles. The Kier molecular flexibility index (Phi) is 4.24. The minimum atomic E-state index is -0.499. The van der Waals surface area contributed by atoms with E-state index in [1.54, 1.807) is 30.0 Å². The largest absolute Gasteiger partial charge is 0.464 e. The molecule has 2 aromatic carbocycles. The summed E-state index contributed by atoms with van der Waals surface area (Å²) in [6, 6.07) is 12.4. The van der Waals surface area contributed by atoms with Gasteiger partial charge in [-0.1, -0.05) is 12.1 Å². The molecule has 0 spiro atoms. The minimum Gasteiger partial charge on any atom is -0.464 e. The van der Waals surface area contributed by atoms with E-state index in [1.165, 1.54) is 0 Å². The van der Waals surface area contributed by atoms with Crippen molar-refractivity contribution in [3.05, 3.63) is 48.0 Å². The average molecular weight is 349 g/mol. The van der Waals surface area contributed by atoms with Crippen LogP contribution in [0.25, 0.3) is 22.1 Å². The Labute approximate surface area is 150 Å². The quantitative estimate of drug-likeness (QED) is 0.537. The number of benzene rings is 2. The molecule has 6 heteroatoms. The summed E-state index contributed by atoms with van der Waals surface area (Å²) in [4.78, 5) is 35.8. The molecule has 132 valence electrons. The number of carbonyl (C=O) groups excluding carboxylic acids is 2. The van der Waals surface area contributed by atoms with Gasteiger partial charge in [-0.25, -0.2) is 14.8 Å². The van der Waals surface area contributed by atoms with Crippen LogP contribution in [-0.2, 0) is 9.53 Å². The fourth-order valence-corrected chi connectivity index (χ4v) is 3.41. The second-order valence-corrected chi connectivity index (χ2v) is 6.32. The predicted molar refractivity (Wildman–Crippen MR) is 97.7 cm³/mol. The minimum absolute atomic E-state index is 0.169. The van der Waals surface area contributed by atoms with Gasteiger partial charge in [0.15, 0.2) is 0 Å². The number of esters is 1. The normalized spacial score (nSPS) is 17.0. The van der Waals surface area contributed by atoms with E-state index in [2.05, 4.69) is 9.97 Å². The first-order chi connectivity index (χ1) is 12.7. The van der Waals surface area contributed by atoms with Gasteiger partial charge >= 0.3 is 5.97 Å². The molecule has 1 saturated heterocycles. The molecule has 0 radical (unpaired) electrons. The van der Waals surface area contributed by atoms with E-state index in [0.29, 0.717) is 30.7 Å². The van der Waals surface area contributed by atoms with E-state index in [-0.39, 0.29) is 11.9 Å². The maximum absolute atomic E-state index is 12.9. The summed E-state index contributed by atoms with van der Waals surface area (Å²) in [6.07, 6.45) is 1.44. The summed E-state index contributed by atoms with van der Waals surface area (Å²) in [6.45, 7) is 2.64. The highest BCUT2D eigenvalue weighted by molar-refractivity contribution is 6.00. The Bertz CT molecular complexity index is 1000. The van der Waals surface area contributed by atoms with Crippen molar-refractivity contribution in [3.63, 3.8) is 0 Å². The highest BCUT2D eigenvalue weighted by Crippen LogP contribution is 2.23. The second-order valence-electron chi connectivity index (χ2n) is 6.32. The first-order valence-electron chi connectivity index (χ1n) is 8.81. The molecule has 0 saturated carbocycles. The predicted octanol–water partition coefficient (Wildman–Crippen LogP) is 2.95. The Morgan fingerprint density at radius 1 is 1.08 bits per heavy atom. The van der Waals surface area contributed by atoms with Crippen molar-refractivity contribution in [2.24, 2.45) is 0 Å². The molecule has 0 aliphatic carbocycles. The maximum atomic E-state index is 12.9. The zero-order valence-electron chi connectivity index (χ0n) is 14.5. The molecule has 3 aromatic rings. The van der Waals surface area contributed by atoms with Gasteiger partial charge in [-0.3, -0.25) is 4.79 Å². The average Bonchev–Trinajstić information content (AvgIpc) is 3.15. The van der Waals surface area contributed by atoms with Crippen molar-refractivity contribution in [2.75, 3.05) is 13.2 Å². The van der Waals surface area contributed by atoms with Crippen LogP contribution in [0.15, 0.2) is 42.5 Å². The molecule has 1 amide bonds. The van der Waals surface area contributed by atoms with Crippen molar-refractivity contribution in [3.8, 4) is 0 Å². The summed E-state index contributed by atoms with van der Waals surface area (Å²) < 4.78 is 5.11. The van der Waals surface area contributed by atoms with Crippen LogP contribution in [0.2, 0.25) is 0 Å². The smallest absolute Gasteiger partial charge is 0.328 e. The first kappa shape index (κ1) is 16.4. The summed E-state index contributed by atoms with van der Waals surface area (Å²) in [5.41, 5.74) is 3.53. The number of fused-ring (bicyclic) bond motifs is 2. The Balaban J connectivity index is 1.68. The third-order valence-electron chi connectivity index (χ3n) is 4.66. The van der Waals surface area contributed by atoms with Gasteiger partial charge in [0.25, 0.3) is 5.91 Å². The van der Waals surface area contributed by atoms with Gasteiger partial charge in [-0.15, -0.1) is 0 Å². The molecule has 26 heavy (non-hydrogen) atoms. The monoisotopic (exact) mass is 349 g/mol. The van der Waals surface area contributed by atoms with Crippen molar-refractivity contribution in [2.45, 2.75) is 25.8 Å². The highest BCUT2D eigenvalue weighted by Gasteiger charge is 2.35. The number of rotatable bonds is 3. The van der Waals surface area contributed by atoms with Crippen LogP contribution in [0.3, 0.4) is 0 Å². The van der Waals surface area contributed by atoms with Crippen LogP contribution in [-0.4, -0.2) is 45.9 Å². The lowest BCUT2D eigenvalue weighted by Crippen LogP contribution is -2.41. The fraction of sp³-hybridized carbons (Fsp3) is 0.300. The molecule has 6 nitrogen and oxygen atoms in total. The standard InChI is InChI=1S/C20H19N3O3/c1-2-26-20(25)18-8-5-11-23(18)19(24)13-9-10-16-17(12-13)22-15-7-4-3-6-14(15)21-16/h3-4,6-7,9-10,12,18H,2,5,8,11H2,1H3/t18-/m0/s1. The maximum Gasteiger partial charge on any atom is 0.328 e. The number of para-hydroxylation sites is 2. The molecule has 0 N–H and O–H groups in total. The summed E-state index contributed by atoms with van der Waals surface area (Å²) >= 11 is 0. The Hall–Kier alpha value is -3.02. The lowest BCUT2D eigenvalue weighted by Gasteiger charge is -2.23. The van der Waals surface area contributed by atoms with Crippen LogP contribution in [0.1, 0.15) is 30.1 Å². The number of hydrogen-bond acceptors (Lipinski definition) is 5. The van der Waals surface area contributed by atoms with Crippen LogP contribution in [0.5, 0.6) is 0 Å². The molecule has 0 bridgehead atoms. The fourth-order valence-electron chi connectivity index (χ4n) is 3.41. The number of aromatic nitrogens is 2. The molecule has 0 unspecified atom stereocenters. The van der Waals surface area contributed by atoms with E-state index in [9.17, 15) is 9.59 Å². The molecule has 1 aromatic heterocycles. The van der Waals surface area contributed by atoms with E-state index in [1.807, 2.05) is 24.3 Å². The number of ether oxygens (including phenoxy) is 1. The van der Waals surface area contributed by atoms with Gasteiger partial charge in [0.2, 0.25) is 0 Å². The third-order valence-corrected chi connectivity index (χ3v) is 4.66. The van der Waals surface area contributed by atoms with Crippen molar-refractivity contribution in [1.29, 1.82) is 0 Å². The van der Waals surface area contributed by atoms with Crippen molar-refractivity contribution >= 4 is 33.9 Å². The van der Waals surface area contributed by atoms with Gasteiger partial charge in [-0.05, 0) is 50.1 Å². The van der Waals surface area contributed by atoms with Crippen LogP contribution >= 0.6 is 0 Å². The summed E-state index contributed by atoms with van der Waals surface area (Å²) in [5.74, 6) is -0.498. The molecular formula is C20H19N3O3. The highest BCUT2D eigenvalue weighted by atomic mass is 16.5. The van der Waals surface area contributed by atoms with E-state index in [4.69, 9.17) is 4.74 Å². The SMILES string of the molecule is CCOC(=O)[C@@H]1CCCN1C(=O)c1ccc2nc3ccccc3nc2c1. The number of carbonyl (C=O) groups is 2. The topological polar surface area (TPSA) is 72.4 Å². The number of nitrogens with zero attached hydrogens (tertiary/aromatic N) is 3. The van der Waals surface area contributed by atoms with E-state index in [0.717, 1.165) is 23.0 Å². The molecule has 1 fully saturated rings. The lowest BCUT2D eigenvalue weighted by molar-refractivity contribution is -0.147. The van der Waals surface area contributed by atoms with Crippen molar-refractivity contribution < 1.29 is 14.3 Å². The van der Waals surface area contributed by atoms with Gasteiger partial charge in [0.05, 0.1) is 28.7 Å². The van der Waals surface area contributed by atoms with Crippen LogP contribution < -0.4 is 0 Å². The first-order valence-corrected chi connectivity index (χ1v) is 8.81. The third kappa shape index (κ3) is 2.87. The van der Waals surface area contributed by atoms with Gasteiger partial charge in [-0.2, -0.15) is 0 Å².